The summed E-state index contributed by atoms with van der Waals surface area (Å²) >= 11 is 1.88. The molecule has 0 aromatic carbocycles. The molecule has 0 bridgehead atoms. The van der Waals surface area contributed by atoms with E-state index in [0.717, 1.165) is 38.2 Å². The van der Waals surface area contributed by atoms with Gasteiger partial charge in [-0.15, -0.1) is 11.3 Å². The lowest BCUT2D eigenvalue weighted by atomic mass is 9.89. The molecule has 40 heavy (non-hydrogen) atoms. The lowest BCUT2D eigenvalue weighted by Gasteiger charge is -2.47. The molecule has 16 heteroatoms. The molecule has 2 aliphatic rings. The highest BCUT2D eigenvalue weighted by atomic mass is 32.1. The normalized spacial score (nSPS) is 17.4. The summed E-state index contributed by atoms with van der Waals surface area (Å²) in [5.41, 5.74) is 0.744. The first-order valence-corrected chi connectivity index (χ1v) is 12.5. The number of rotatable bonds is 4. The van der Waals surface area contributed by atoms with E-state index in [2.05, 4.69) is 28.9 Å². The third kappa shape index (κ3) is 10.7. The van der Waals surface area contributed by atoms with Gasteiger partial charge in [0.1, 0.15) is 6.61 Å². The number of ether oxygens (including phenoxy) is 1. The second kappa shape index (κ2) is 13.9. The average molecular weight is 600 g/mol. The van der Waals surface area contributed by atoms with Gasteiger partial charge in [-0.2, -0.15) is 26.3 Å². The Bertz CT molecular complexity index is 1110. The molecular weight excluding hydrogens is 572 g/mol. The fourth-order valence-electron chi connectivity index (χ4n) is 3.83. The number of hydrogen-bond donors (Lipinski definition) is 2. The van der Waals surface area contributed by atoms with Gasteiger partial charge < -0.3 is 19.8 Å². The summed E-state index contributed by atoms with van der Waals surface area (Å²) in [6.07, 6.45) is -6.44. The molecule has 0 atom stereocenters. The first kappa shape index (κ1) is 33.0. The van der Waals surface area contributed by atoms with Crippen molar-refractivity contribution in [3.8, 4) is 0 Å². The van der Waals surface area contributed by atoms with E-state index < -0.39 is 24.3 Å². The second-order valence-corrected chi connectivity index (χ2v) is 10.3. The van der Waals surface area contributed by atoms with Crippen molar-refractivity contribution in [2.24, 2.45) is 0 Å². The van der Waals surface area contributed by atoms with Crippen LogP contribution in [0, 0.1) is 6.92 Å². The highest BCUT2D eigenvalue weighted by molar-refractivity contribution is 7.11. The number of piperidine rings is 1. The predicted molar refractivity (Wildman–Crippen MR) is 129 cm³/mol. The Kier molecular flexibility index (Phi) is 11.5. The lowest BCUT2D eigenvalue weighted by Crippen LogP contribution is -2.58. The van der Waals surface area contributed by atoms with Crippen molar-refractivity contribution in [2.75, 3.05) is 26.2 Å². The van der Waals surface area contributed by atoms with Crippen LogP contribution in [0.25, 0.3) is 0 Å². The molecule has 2 saturated heterocycles. The van der Waals surface area contributed by atoms with Crippen LogP contribution in [0.5, 0.6) is 0 Å². The molecule has 2 aromatic rings. The van der Waals surface area contributed by atoms with E-state index in [1.165, 1.54) is 9.75 Å². The average Bonchev–Trinajstić information content (AvgIpc) is 3.28. The van der Waals surface area contributed by atoms with E-state index in [4.69, 9.17) is 24.5 Å². The number of aliphatic carboxylic acids is 2. The minimum Gasteiger partial charge on any atom is -0.475 e. The van der Waals surface area contributed by atoms with Gasteiger partial charge in [-0.1, -0.05) is 6.07 Å². The summed E-state index contributed by atoms with van der Waals surface area (Å²) in [4.78, 5) is 41.7. The van der Waals surface area contributed by atoms with Crippen LogP contribution >= 0.6 is 11.3 Å². The molecule has 9 nitrogen and oxygen atoms in total. The van der Waals surface area contributed by atoms with Gasteiger partial charge in [-0.3, -0.25) is 14.7 Å². The van der Waals surface area contributed by atoms with Gasteiger partial charge in [-0.25, -0.2) is 9.59 Å². The van der Waals surface area contributed by atoms with Gasteiger partial charge in [0.05, 0.1) is 24.4 Å². The maximum Gasteiger partial charge on any atom is 0.490 e. The molecule has 2 aromatic heterocycles. The van der Waals surface area contributed by atoms with Gasteiger partial charge in [-0.05, 0) is 44.0 Å². The van der Waals surface area contributed by atoms with Crippen molar-refractivity contribution in [1.82, 2.24) is 14.8 Å². The number of carbonyl (C=O) groups is 3. The summed E-state index contributed by atoms with van der Waals surface area (Å²) in [7, 11) is 0. The molecular formula is C24H27F6N3O6S. The molecule has 4 heterocycles. The predicted octanol–water partition coefficient (Wildman–Crippen LogP) is 4.11. The quantitative estimate of drug-likeness (QED) is 0.504. The fourth-order valence-corrected chi connectivity index (χ4v) is 4.76. The van der Waals surface area contributed by atoms with E-state index >= 15 is 0 Å². The Morgan fingerprint density at radius 1 is 1.00 bits per heavy atom. The Morgan fingerprint density at radius 3 is 2.02 bits per heavy atom. The number of nitrogens with zero attached hydrogens (tertiary/aromatic N) is 3. The summed E-state index contributed by atoms with van der Waals surface area (Å²) in [6.45, 7) is 6.65. The molecule has 4 rings (SSSR count). The molecule has 1 amide bonds. The minimum atomic E-state index is -5.08. The molecule has 0 unspecified atom stereocenters. The number of halogens is 6. The van der Waals surface area contributed by atoms with Crippen molar-refractivity contribution in [3.63, 3.8) is 0 Å². The molecule has 1 spiro atoms. The van der Waals surface area contributed by atoms with Gasteiger partial charge in [0.15, 0.2) is 0 Å². The van der Waals surface area contributed by atoms with Gasteiger partial charge >= 0.3 is 24.3 Å². The van der Waals surface area contributed by atoms with Crippen LogP contribution in [-0.4, -0.2) is 87.0 Å². The monoisotopic (exact) mass is 599 g/mol. The van der Waals surface area contributed by atoms with E-state index in [0.29, 0.717) is 13.1 Å². The van der Waals surface area contributed by atoms with Crippen molar-refractivity contribution in [2.45, 2.75) is 50.8 Å². The number of carbonyl (C=O) groups excluding carboxylic acids is 1. The van der Waals surface area contributed by atoms with Crippen molar-refractivity contribution < 1.29 is 55.7 Å². The van der Waals surface area contributed by atoms with Crippen LogP contribution in [0.1, 0.15) is 28.3 Å². The van der Waals surface area contributed by atoms with Crippen LogP contribution in [-0.2, 0) is 32.2 Å². The fraction of sp³-hybridized carbons (Fsp3) is 0.500. The van der Waals surface area contributed by atoms with E-state index in [9.17, 15) is 31.1 Å². The van der Waals surface area contributed by atoms with E-state index in [1.807, 2.05) is 34.4 Å². The summed E-state index contributed by atoms with van der Waals surface area (Å²) < 4.78 is 69.5. The van der Waals surface area contributed by atoms with Gasteiger partial charge in [0.25, 0.3) is 0 Å². The Labute approximate surface area is 229 Å². The Balaban J connectivity index is 0.000000333. The number of alkyl halides is 6. The molecule has 0 saturated carbocycles. The molecule has 0 radical (unpaired) electrons. The third-order valence-corrected chi connectivity index (χ3v) is 6.83. The summed E-state index contributed by atoms with van der Waals surface area (Å²) in [5.74, 6) is -5.45. The zero-order chi connectivity index (χ0) is 30.1. The number of carboxylic acids is 2. The van der Waals surface area contributed by atoms with Gasteiger partial charge in [0.2, 0.25) is 5.91 Å². The van der Waals surface area contributed by atoms with Crippen molar-refractivity contribution in [1.29, 1.82) is 0 Å². The van der Waals surface area contributed by atoms with Crippen LogP contribution in [0.3, 0.4) is 0 Å². The Morgan fingerprint density at radius 2 is 1.57 bits per heavy atom. The molecule has 222 valence electrons. The first-order valence-electron chi connectivity index (χ1n) is 11.7. The zero-order valence-electron chi connectivity index (χ0n) is 21.2. The number of thiophene rings is 1. The third-order valence-electron chi connectivity index (χ3n) is 5.84. The molecule has 2 N–H and O–H groups in total. The van der Waals surface area contributed by atoms with Gasteiger partial charge in [0, 0.05) is 35.6 Å². The molecule has 2 fully saturated rings. The number of carboxylic acid groups (broad SMARTS) is 2. The minimum absolute atomic E-state index is 0.0674. The number of hydrogen-bond acceptors (Lipinski definition) is 7. The lowest BCUT2D eigenvalue weighted by molar-refractivity contribution is -0.193. The first-order chi connectivity index (χ1) is 18.5. The van der Waals surface area contributed by atoms with E-state index in [-0.39, 0.29) is 18.1 Å². The standard InChI is InChI=1S/C20H25N3O2S.2C2HF3O2/c1-16-5-6-18(26-16)13-22-10-7-20(8-11-22)15-23(19(24)14-25-20)12-17-4-2-3-9-21-17;2*3-2(4,5)1(6)7/h2-6,9H,7-8,10-15H2,1H3;2*(H,6,7). The number of aryl methyl sites for hydroxylation is 1. The SMILES string of the molecule is Cc1ccc(CN2CCC3(CC2)CN(Cc2ccccn2)C(=O)CO3)s1.O=C(O)C(F)(F)F.O=C(O)C(F)(F)F. The van der Waals surface area contributed by atoms with Crippen LogP contribution in [0.4, 0.5) is 26.3 Å². The largest absolute Gasteiger partial charge is 0.490 e. The number of pyridine rings is 1. The maximum absolute atomic E-state index is 12.3. The van der Waals surface area contributed by atoms with Crippen LogP contribution in [0.15, 0.2) is 36.5 Å². The van der Waals surface area contributed by atoms with Crippen molar-refractivity contribution >= 4 is 29.2 Å². The van der Waals surface area contributed by atoms with Crippen molar-refractivity contribution in [3.05, 3.63) is 52.0 Å². The second-order valence-electron chi connectivity index (χ2n) is 8.94. The molecule has 2 aliphatic heterocycles. The molecule has 0 aliphatic carbocycles. The number of morpholine rings is 1. The van der Waals surface area contributed by atoms with E-state index in [1.54, 1.807) is 6.20 Å². The highest BCUT2D eigenvalue weighted by Gasteiger charge is 2.42. The van der Waals surface area contributed by atoms with Crippen LogP contribution in [0.2, 0.25) is 0 Å². The smallest absolute Gasteiger partial charge is 0.475 e. The number of amides is 1. The number of likely N-dealkylation sites (tertiary alicyclic amines) is 1. The van der Waals surface area contributed by atoms with Crippen LogP contribution < -0.4 is 0 Å². The topological polar surface area (TPSA) is 120 Å². The summed E-state index contributed by atoms with van der Waals surface area (Å²) in [5, 5.41) is 14.2. The number of aromatic nitrogens is 1. The highest BCUT2D eigenvalue weighted by Crippen LogP contribution is 2.32. The maximum atomic E-state index is 12.3. The Hall–Kier alpha value is -3.24. The zero-order valence-corrected chi connectivity index (χ0v) is 22.0. The summed E-state index contributed by atoms with van der Waals surface area (Å²) in [6, 6.07) is 10.3.